The normalized spacial score (nSPS) is 10.8. The Labute approximate surface area is 120 Å². The molecular weight excluding hydrogens is 275 g/mol. The largest absolute Gasteiger partial charge is 0.508 e. The molecule has 21 heavy (non-hydrogen) atoms. The summed E-state index contributed by atoms with van der Waals surface area (Å²) in [5.74, 6) is -1.37. The maximum Gasteiger partial charge on any atom is 0.193 e. The Balaban J connectivity index is 2.30. The zero-order valence-electron chi connectivity index (χ0n) is 11.2. The van der Waals surface area contributed by atoms with E-state index >= 15 is 0 Å². The number of hydrogen-bond acceptors (Lipinski definition) is 4. The molecule has 0 aliphatic heterocycles. The number of methoxy groups -OCH3 is 1. The predicted octanol–water partition coefficient (Wildman–Crippen LogP) is 3.14. The number of rotatable bonds is 4. The fourth-order valence-corrected chi connectivity index (χ4v) is 1.82. The highest BCUT2D eigenvalue weighted by atomic mass is 19.1. The number of ether oxygens (including phenoxy) is 1. The van der Waals surface area contributed by atoms with Crippen LogP contribution in [0.1, 0.15) is 15.9 Å². The maximum absolute atomic E-state index is 12.8. The minimum atomic E-state index is -0.492. The van der Waals surface area contributed by atoms with Crippen molar-refractivity contribution in [3.05, 3.63) is 59.4 Å². The second-order valence-electron chi connectivity index (χ2n) is 4.29. The van der Waals surface area contributed by atoms with Crippen molar-refractivity contribution >= 4 is 11.9 Å². The molecule has 108 valence electrons. The summed E-state index contributed by atoms with van der Waals surface area (Å²) in [5, 5.41) is 19.1. The summed E-state index contributed by atoms with van der Waals surface area (Å²) in [6.07, 6.45) is 2.73. The lowest BCUT2D eigenvalue weighted by molar-refractivity contribution is 0.104. The van der Waals surface area contributed by atoms with Gasteiger partial charge in [0.05, 0.1) is 7.11 Å². The Bertz CT molecular complexity index is 690. The number of allylic oxidation sites excluding steroid dienone is 1. The van der Waals surface area contributed by atoms with E-state index in [2.05, 4.69) is 0 Å². The van der Waals surface area contributed by atoms with E-state index in [1.165, 1.54) is 49.6 Å². The predicted molar refractivity (Wildman–Crippen MR) is 76.1 cm³/mol. The Morgan fingerprint density at radius 1 is 1.19 bits per heavy atom. The lowest BCUT2D eigenvalue weighted by Crippen LogP contribution is -1.99. The van der Waals surface area contributed by atoms with Gasteiger partial charge in [-0.05, 0) is 23.8 Å². The lowest BCUT2D eigenvalue weighted by atomic mass is 10.1. The fourth-order valence-electron chi connectivity index (χ4n) is 1.82. The number of phenols is 2. The first-order valence-corrected chi connectivity index (χ1v) is 6.09. The molecule has 0 heterocycles. The third-order valence-corrected chi connectivity index (χ3v) is 2.83. The van der Waals surface area contributed by atoms with Crippen molar-refractivity contribution in [1.29, 1.82) is 0 Å². The van der Waals surface area contributed by atoms with Gasteiger partial charge in [-0.1, -0.05) is 18.2 Å². The minimum absolute atomic E-state index is 0.0475. The van der Waals surface area contributed by atoms with E-state index in [1.54, 1.807) is 0 Å². The van der Waals surface area contributed by atoms with Gasteiger partial charge in [-0.2, -0.15) is 0 Å². The molecule has 5 heteroatoms. The molecule has 2 aromatic rings. The van der Waals surface area contributed by atoms with Crippen molar-refractivity contribution in [3.8, 4) is 17.2 Å². The number of benzene rings is 2. The first kappa shape index (κ1) is 14.6. The molecule has 0 aliphatic carbocycles. The third kappa shape index (κ3) is 3.39. The van der Waals surface area contributed by atoms with Gasteiger partial charge in [-0.15, -0.1) is 0 Å². The summed E-state index contributed by atoms with van der Waals surface area (Å²) >= 11 is 0. The van der Waals surface area contributed by atoms with Gasteiger partial charge >= 0.3 is 0 Å². The van der Waals surface area contributed by atoms with Crippen molar-refractivity contribution < 1.29 is 24.1 Å². The number of carbonyl (C=O) groups is 1. The van der Waals surface area contributed by atoms with Crippen LogP contribution in [0.3, 0.4) is 0 Å². The number of ketones is 1. The van der Waals surface area contributed by atoms with Gasteiger partial charge in [0.1, 0.15) is 28.6 Å². The molecule has 0 aromatic heterocycles. The zero-order chi connectivity index (χ0) is 15.4. The first-order chi connectivity index (χ1) is 10.0. The maximum atomic E-state index is 12.8. The molecule has 0 aliphatic rings. The van der Waals surface area contributed by atoms with Crippen molar-refractivity contribution in [1.82, 2.24) is 0 Å². The third-order valence-electron chi connectivity index (χ3n) is 2.83. The van der Waals surface area contributed by atoms with E-state index in [1.807, 2.05) is 0 Å². The van der Waals surface area contributed by atoms with E-state index in [9.17, 15) is 19.4 Å². The van der Waals surface area contributed by atoms with Crippen LogP contribution >= 0.6 is 0 Å². The summed E-state index contributed by atoms with van der Waals surface area (Å²) in [6.45, 7) is 0. The SMILES string of the molecule is COc1cc(O)cc(O)c1C(=O)/C=C/c1ccc(F)cc1. The molecule has 2 N–H and O–H groups in total. The van der Waals surface area contributed by atoms with Crippen LogP contribution in [-0.4, -0.2) is 23.1 Å². The van der Waals surface area contributed by atoms with E-state index in [0.717, 1.165) is 6.07 Å². The molecule has 4 nitrogen and oxygen atoms in total. The molecule has 0 unspecified atom stereocenters. The Morgan fingerprint density at radius 2 is 1.86 bits per heavy atom. The van der Waals surface area contributed by atoms with Crippen LogP contribution in [0, 0.1) is 5.82 Å². The average molecular weight is 288 g/mol. The van der Waals surface area contributed by atoms with Gasteiger partial charge in [-0.25, -0.2) is 4.39 Å². The van der Waals surface area contributed by atoms with Crippen molar-refractivity contribution in [2.75, 3.05) is 7.11 Å². The molecule has 2 aromatic carbocycles. The number of halogens is 1. The van der Waals surface area contributed by atoms with Crippen molar-refractivity contribution in [2.45, 2.75) is 0 Å². The first-order valence-electron chi connectivity index (χ1n) is 6.09. The van der Waals surface area contributed by atoms with Crippen LogP contribution in [-0.2, 0) is 0 Å². The van der Waals surface area contributed by atoms with Crippen LogP contribution in [0.15, 0.2) is 42.5 Å². The summed E-state index contributed by atoms with van der Waals surface area (Å²) in [4.78, 5) is 12.1. The van der Waals surface area contributed by atoms with E-state index in [0.29, 0.717) is 5.56 Å². The average Bonchev–Trinajstić information content (AvgIpc) is 2.45. The standard InChI is InChI=1S/C16H13FO4/c1-21-15-9-12(18)8-14(20)16(15)13(19)7-4-10-2-5-11(17)6-3-10/h2-9,18,20H,1H3/b7-4+. The van der Waals surface area contributed by atoms with Gasteiger partial charge in [0, 0.05) is 12.1 Å². The van der Waals surface area contributed by atoms with E-state index in [4.69, 9.17) is 4.74 Å². The molecule has 2 rings (SSSR count). The van der Waals surface area contributed by atoms with Crippen molar-refractivity contribution in [2.24, 2.45) is 0 Å². The second-order valence-corrected chi connectivity index (χ2v) is 4.29. The Morgan fingerprint density at radius 3 is 2.48 bits per heavy atom. The molecule has 0 saturated heterocycles. The monoisotopic (exact) mass is 288 g/mol. The summed E-state index contributed by atoms with van der Waals surface area (Å²) in [7, 11) is 1.33. The highest BCUT2D eigenvalue weighted by Gasteiger charge is 2.16. The lowest BCUT2D eigenvalue weighted by Gasteiger charge is -2.08. The van der Waals surface area contributed by atoms with Crippen LogP contribution in [0.4, 0.5) is 4.39 Å². The molecule has 0 amide bonds. The smallest absolute Gasteiger partial charge is 0.193 e. The zero-order valence-corrected chi connectivity index (χ0v) is 11.2. The number of phenolic OH excluding ortho intramolecular Hbond substituents is 2. The summed E-state index contributed by atoms with van der Waals surface area (Å²) in [5.41, 5.74) is 0.593. The second kappa shape index (κ2) is 6.09. The number of carbonyl (C=O) groups excluding carboxylic acids is 1. The van der Waals surface area contributed by atoms with Crippen LogP contribution in [0.2, 0.25) is 0 Å². The molecule has 0 radical (unpaired) electrons. The van der Waals surface area contributed by atoms with Crippen LogP contribution < -0.4 is 4.74 Å². The molecule has 0 bridgehead atoms. The van der Waals surface area contributed by atoms with Gasteiger partial charge in [-0.3, -0.25) is 4.79 Å². The molecule has 0 spiro atoms. The van der Waals surface area contributed by atoms with Gasteiger partial charge in [0.25, 0.3) is 0 Å². The number of hydrogen-bond donors (Lipinski definition) is 2. The number of aromatic hydroxyl groups is 2. The highest BCUT2D eigenvalue weighted by molar-refractivity contribution is 6.10. The summed E-state index contributed by atoms with van der Waals surface area (Å²) < 4.78 is 17.7. The molecule has 0 fully saturated rings. The van der Waals surface area contributed by atoms with Crippen LogP contribution in [0.5, 0.6) is 17.2 Å². The van der Waals surface area contributed by atoms with Gasteiger partial charge in [0.15, 0.2) is 5.78 Å². The Hall–Kier alpha value is -2.82. The topological polar surface area (TPSA) is 66.8 Å². The molecular formula is C16H13FO4. The van der Waals surface area contributed by atoms with E-state index < -0.39 is 5.78 Å². The fraction of sp³-hybridized carbons (Fsp3) is 0.0625. The van der Waals surface area contributed by atoms with Crippen LogP contribution in [0.25, 0.3) is 6.08 Å². The van der Waals surface area contributed by atoms with Gasteiger partial charge in [0.2, 0.25) is 0 Å². The summed E-state index contributed by atoms with van der Waals surface area (Å²) in [6, 6.07) is 7.89. The Kier molecular flexibility index (Phi) is 4.23. The van der Waals surface area contributed by atoms with E-state index in [-0.39, 0.29) is 28.6 Å². The molecule has 0 atom stereocenters. The quantitative estimate of drug-likeness (QED) is 0.670. The van der Waals surface area contributed by atoms with Gasteiger partial charge < -0.3 is 14.9 Å². The minimum Gasteiger partial charge on any atom is -0.508 e. The molecule has 0 saturated carbocycles. The highest BCUT2D eigenvalue weighted by Crippen LogP contribution is 2.33. The van der Waals surface area contributed by atoms with Crippen molar-refractivity contribution in [3.63, 3.8) is 0 Å².